The maximum atomic E-state index is 5.31. The summed E-state index contributed by atoms with van der Waals surface area (Å²) in [7, 11) is 0. The van der Waals surface area contributed by atoms with Crippen molar-refractivity contribution >= 4 is 22.7 Å². The fraction of sp³-hybridized carbons (Fsp3) is 0.231. The molecular weight excluding hydrogens is 262 g/mol. The van der Waals surface area contributed by atoms with E-state index in [1.165, 1.54) is 4.88 Å². The van der Waals surface area contributed by atoms with Gasteiger partial charge < -0.3 is 9.47 Å². The van der Waals surface area contributed by atoms with E-state index in [2.05, 4.69) is 15.5 Å². The number of ether oxygens (including phenoxy) is 2. The highest BCUT2D eigenvalue weighted by Gasteiger charge is 2.12. The molecule has 0 saturated heterocycles. The molecule has 0 atom stereocenters. The van der Waals surface area contributed by atoms with Crippen LogP contribution in [-0.4, -0.2) is 18.0 Å². The van der Waals surface area contributed by atoms with E-state index in [-0.39, 0.29) is 6.79 Å². The Morgan fingerprint density at radius 3 is 2.95 bits per heavy atom. The van der Waals surface area contributed by atoms with Gasteiger partial charge in [-0.25, -0.2) is 4.98 Å². The van der Waals surface area contributed by atoms with Crippen LogP contribution in [0.4, 0.5) is 5.13 Å². The molecular formula is C13H13N3O2S. The molecule has 3 rings (SSSR count). The summed E-state index contributed by atoms with van der Waals surface area (Å²) in [4.78, 5) is 5.54. The first-order valence-electron chi connectivity index (χ1n) is 5.85. The Morgan fingerprint density at radius 1 is 1.32 bits per heavy atom. The molecule has 0 radical (unpaired) electrons. The number of benzene rings is 1. The molecule has 1 aliphatic rings. The first-order chi connectivity index (χ1) is 9.22. The third kappa shape index (κ3) is 2.53. The second-order valence-corrected chi connectivity index (χ2v) is 5.35. The van der Waals surface area contributed by atoms with Crippen LogP contribution in [0, 0.1) is 13.8 Å². The van der Waals surface area contributed by atoms with Gasteiger partial charge in [0.15, 0.2) is 11.5 Å². The van der Waals surface area contributed by atoms with Gasteiger partial charge in [0, 0.05) is 4.88 Å². The molecule has 0 saturated carbocycles. The maximum Gasteiger partial charge on any atom is 0.231 e. The molecule has 2 aromatic rings. The molecule has 0 fully saturated rings. The number of hydrogen-bond acceptors (Lipinski definition) is 6. The summed E-state index contributed by atoms with van der Waals surface area (Å²) in [6, 6.07) is 5.70. The van der Waals surface area contributed by atoms with Crippen LogP contribution < -0.4 is 14.9 Å². The van der Waals surface area contributed by atoms with Crippen LogP contribution in [0.15, 0.2) is 23.3 Å². The number of aryl methyl sites for hydroxylation is 2. The molecule has 0 unspecified atom stereocenters. The van der Waals surface area contributed by atoms with Crippen LogP contribution in [0.5, 0.6) is 11.5 Å². The number of nitrogens with zero attached hydrogens (tertiary/aromatic N) is 2. The van der Waals surface area contributed by atoms with Gasteiger partial charge in [-0.15, -0.1) is 11.3 Å². The fourth-order valence-corrected chi connectivity index (χ4v) is 2.44. The zero-order valence-corrected chi connectivity index (χ0v) is 11.5. The van der Waals surface area contributed by atoms with Gasteiger partial charge in [0.05, 0.1) is 11.9 Å². The largest absolute Gasteiger partial charge is 0.454 e. The van der Waals surface area contributed by atoms with E-state index in [9.17, 15) is 0 Å². The van der Waals surface area contributed by atoms with Gasteiger partial charge in [0.1, 0.15) is 0 Å². The van der Waals surface area contributed by atoms with Crippen molar-refractivity contribution in [3.63, 3.8) is 0 Å². The molecule has 1 aromatic heterocycles. The number of fused-ring (bicyclic) bond motifs is 1. The minimum atomic E-state index is 0.284. The predicted molar refractivity (Wildman–Crippen MR) is 75.4 cm³/mol. The first kappa shape index (κ1) is 12.0. The average Bonchev–Trinajstić information content (AvgIpc) is 2.96. The van der Waals surface area contributed by atoms with Crippen molar-refractivity contribution in [2.75, 3.05) is 12.2 Å². The van der Waals surface area contributed by atoms with E-state index in [4.69, 9.17) is 9.47 Å². The van der Waals surface area contributed by atoms with Crippen molar-refractivity contribution in [3.8, 4) is 11.5 Å². The zero-order chi connectivity index (χ0) is 13.2. The molecule has 1 aromatic carbocycles. The maximum absolute atomic E-state index is 5.31. The lowest BCUT2D eigenvalue weighted by molar-refractivity contribution is 0.174. The number of rotatable bonds is 3. The lowest BCUT2D eigenvalue weighted by Gasteiger charge is -1.97. The number of thiazole rings is 1. The Kier molecular flexibility index (Phi) is 3.08. The highest BCUT2D eigenvalue weighted by atomic mass is 32.1. The number of hydrogen-bond donors (Lipinski definition) is 1. The number of nitrogens with one attached hydrogen (secondary N) is 1. The van der Waals surface area contributed by atoms with Crippen LogP contribution in [0.3, 0.4) is 0 Å². The molecule has 19 heavy (non-hydrogen) atoms. The van der Waals surface area contributed by atoms with Gasteiger partial charge in [0.2, 0.25) is 11.9 Å². The third-order valence-electron chi connectivity index (χ3n) is 2.80. The van der Waals surface area contributed by atoms with Crippen LogP contribution >= 0.6 is 11.3 Å². The van der Waals surface area contributed by atoms with Crippen LogP contribution in [-0.2, 0) is 0 Å². The van der Waals surface area contributed by atoms with E-state index < -0.39 is 0 Å². The fourth-order valence-electron chi connectivity index (χ4n) is 1.68. The SMILES string of the molecule is Cc1nc(NN=Cc2ccc3c(c2)OCO3)sc1C. The van der Waals surface area contributed by atoms with Crippen LogP contribution in [0.2, 0.25) is 0 Å². The minimum Gasteiger partial charge on any atom is -0.454 e. The summed E-state index contributed by atoms with van der Waals surface area (Å²) in [5, 5.41) is 4.97. The Bertz CT molecular complexity index is 617. The van der Waals surface area contributed by atoms with Gasteiger partial charge in [-0.2, -0.15) is 5.10 Å². The molecule has 2 heterocycles. The molecule has 1 N–H and O–H groups in total. The summed E-state index contributed by atoms with van der Waals surface area (Å²) >= 11 is 1.59. The normalized spacial score (nSPS) is 13.2. The van der Waals surface area contributed by atoms with E-state index in [0.29, 0.717) is 0 Å². The summed E-state index contributed by atoms with van der Waals surface area (Å²) in [6.45, 7) is 4.31. The summed E-state index contributed by atoms with van der Waals surface area (Å²) in [6.07, 6.45) is 1.73. The zero-order valence-electron chi connectivity index (χ0n) is 10.6. The molecule has 6 heteroatoms. The molecule has 1 aliphatic heterocycles. The Morgan fingerprint density at radius 2 is 2.16 bits per heavy atom. The van der Waals surface area contributed by atoms with Crippen molar-refractivity contribution in [2.45, 2.75) is 13.8 Å². The summed E-state index contributed by atoms with van der Waals surface area (Å²) < 4.78 is 10.6. The van der Waals surface area contributed by atoms with Crippen LogP contribution in [0.25, 0.3) is 0 Å². The minimum absolute atomic E-state index is 0.284. The van der Waals surface area contributed by atoms with Crippen molar-refractivity contribution in [1.82, 2.24) is 4.98 Å². The van der Waals surface area contributed by atoms with Crippen molar-refractivity contribution in [2.24, 2.45) is 5.10 Å². The van der Waals surface area contributed by atoms with Crippen molar-refractivity contribution in [1.29, 1.82) is 0 Å². The lowest BCUT2D eigenvalue weighted by atomic mass is 10.2. The number of aromatic nitrogens is 1. The Balaban J connectivity index is 1.69. The standard InChI is InChI=1S/C13H13N3O2S/c1-8-9(2)19-13(15-8)16-14-6-10-3-4-11-12(5-10)18-7-17-11/h3-6H,7H2,1-2H3,(H,15,16). The monoisotopic (exact) mass is 275 g/mol. The highest BCUT2D eigenvalue weighted by Crippen LogP contribution is 2.32. The Labute approximate surface area is 114 Å². The highest BCUT2D eigenvalue weighted by molar-refractivity contribution is 7.15. The van der Waals surface area contributed by atoms with E-state index >= 15 is 0 Å². The third-order valence-corrected chi connectivity index (χ3v) is 3.78. The second-order valence-electron chi connectivity index (χ2n) is 4.14. The molecule has 0 aliphatic carbocycles. The summed E-state index contributed by atoms with van der Waals surface area (Å²) in [5.74, 6) is 1.53. The van der Waals surface area contributed by atoms with Crippen molar-refractivity contribution < 1.29 is 9.47 Å². The lowest BCUT2D eigenvalue weighted by Crippen LogP contribution is -1.93. The van der Waals surface area contributed by atoms with E-state index in [1.54, 1.807) is 17.6 Å². The predicted octanol–water partition coefficient (Wildman–Crippen LogP) is 2.93. The van der Waals surface area contributed by atoms with Gasteiger partial charge in [-0.1, -0.05) is 0 Å². The number of anilines is 1. The van der Waals surface area contributed by atoms with Gasteiger partial charge in [-0.05, 0) is 37.6 Å². The molecule has 98 valence electrons. The van der Waals surface area contributed by atoms with Gasteiger partial charge in [0.25, 0.3) is 0 Å². The van der Waals surface area contributed by atoms with E-state index in [0.717, 1.165) is 27.9 Å². The van der Waals surface area contributed by atoms with Gasteiger partial charge >= 0.3 is 0 Å². The quantitative estimate of drug-likeness (QED) is 0.691. The van der Waals surface area contributed by atoms with Crippen molar-refractivity contribution in [3.05, 3.63) is 34.3 Å². The molecule has 0 amide bonds. The average molecular weight is 275 g/mol. The van der Waals surface area contributed by atoms with E-state index in [1.807, 2.05) is 32.0 Å². The molecule has 0 bridgehead atoms. The summed E-state index contributed by atoms with van der Waals surface area (Å²) in [5.41, 5.74) is 4.91. The Hall–Kier alpha value is -2.08. The first-order valence-corrected chi connectivity index (χ1v) is 6.67. The molecule has 5 nitrogen and oxygen atoms in total. The smallest absolute Gasteiger partial charge is 0.231 e. The van der Waals surface area contributed by atoms with Crippen LogP contribution in [0.1, 0.15) is 16.1 Å². The van der Waals surface area contributed by atoms with Gasteiger partial charge in [-0.3, -0.25) is 5.43 Å². The second kappa shape index (κ2) is 4.89. The topological polar surface area (TPSA) is 55.7 Å². The molecule has 0 spiro atoms. The number of hydrazone groups is 1.